The molecule has 2 atom stereocenters. The largest absolute Gasteiger partial charge is 0.489 e. The van der Waals surface area contributed by atoms with E-state index in [-0.39, 0.29) is 33.9 Å². The van der Waals surface area contributed by atoms with Crippen LogP contribution in [0.5, 0.6) is 11.5 Å². The molecule has 5 rings (SSSR count). The van der Waals surface area contributed by atoms with Gasteiger partial charge in [-0.05, 0) is 54.2 Å². The van der Waals surface area contributed by atoms with Gasteiger partial charge in [0, 0.05) is 36.7 Å². The lowest BCUT2D eigenvalue weighted by atomic mass is 10.0. The molecule has 0 bridgehead atoms. The Labute approximate surface area is 250 Å². The highest BCUT2D eigenvalue weighted by Crippen LogP contribution is 2.38. The van der Waals surface area contributed by atoms with Crippen molar-refractivity contribution in [1.29, 1.82) is 0 Å². The molecule has 1 saturated heterocycles. The number of esters is 1. The van der Waals surface area contributed by atoms with Crippen LogP contribution in [0.15, 0.2) is 60.9 Å². The van der Waals surface area contributed by atoms with Crippen molar-refractivity contribution < 1.29 is 32.6 Å². The molecule has 1 aromatic heterocycles. The van der Waals surface area contributed by atoms with Crippen molar-refractivity contribution in [2.75, 3.05) is 18.9 Å². The van der Waals surface area contributed by atoms with Crippen molar-refractivity contribution in [1.82, 2.24) is 9.88 Å². The van der Waals surface area contributed by atoms with Crippen LogP contribution in [0.2, 0.25) is 10.0 Å². The Morgan fingerprint density at radius 1 is 1.05 bits per heavy atom. The number of alkyl halides is 2. The number of hydrogen-bond donors (Lipinski definition) is 0. The summed E-state index contributed by atoms with van der Waals surface area (Å²) in [4.78, 5) is 32.2. The zero-order valence-electron chi connectivity index (χ0n) is 21.7. The number of ether oxygens (including phenoxy) is 3. The van der Waals surface area contributed by atoms with Gasteiger partial charge in [-0.15, -0.1) is 11.8 Å². The van der Waals surface area contributed by atoms with Gasteiger partial charge in [0.1, 0.15) is 6.10 Å². The SMILES string of the molecule is O=C(O[C@@H](Cc1c(Cl)cncc1Cl)c1ccc(OC(F)F)c(OCC2CC2)c1)[C@@H]1SCCN1C(=O)c1ccccc1. The van der Waals surface area contributed by atoms with Gasteiger partial charge in [0.25, 0.3) is 5.91 Å². The maximum absolute atomic E-state index is 13.6. The van der Waals surface area contributed by atoms with Gasteiger partial charge in [-0.3, -0.25) is 9.78 Å². The molecule has 12 heteroatoms. The van der Waals surface area contributed by atoms with Gasteiger partial charge in [0.2, 0.25) is 0 Å². The molecule has 1 saturated carbocycles. The minimum atomic E-state index is -3.04. The fourth-order valence-corrected chi connectivity index (χ4v) is 6.00. The molecule has 216 valence electrons. The Kier molecular flexibility index (Phi) is 9.52. The van der Waals surface area contributed by atoms with Gasteiger partial charge >= 0.3 is 12.6 Å². The molecule has 7 nitrogen and oxygen atoms in total. The maximum atomic E-state index is 13.6. The van der Waals surface area contributed by atoms with Gasteiger partial charge < -0.3 is 19.1 Å². The van der Waals surface area contributed by atoms with E-state index in [0.717, 1.165) is 12.8 Å². The van der Waals surface area contributed by atoms with Crippen molar-refractivity contribution >= 4 is 46.8 Å². The second-order valence-electron chi connectivity index (χ2n) is 9.64. The fourth-order valence-electron chi connectivity index (χ4n) is 4.39. The Balaban J connectivity index is 1.44. The molecule has 0 radical (unpaired) electrons. The molecule has 41 heavy (non-hydrogen) atoms. The lowest BCUT2D eigenvalue weighted by molar-refractivity contribution is -0.151. The lowest BCUT2D eigenvalue weighted by Gasteiger charge is -2.26. The van der Waals surface area contributed by atoms with Crippen LogP contribution in [-0.4, -0.2) is 52.7 Å². The Bertz CT molecular complexity index is 1380. The summed E-state index contributed by atoms with van der Waals surface area (Å²) in [5, 5.41) is -0.323. The molecule has 0 spiro atoms. The Hall–Kier alpha value is -3.08. The highest BCUT2D eigenvalue weighted by Gasteiger charge is 2.38. The number of carbonyl (C=O) groups is 2. The molecular formula is C29H26Cl2F2N2O5S. The number of amides is 1. The standard InChI is InChI=1S/C29H26Cl2F2N2O5S/c30-21-14-34-15-22(31)20(21)13-24(19-8-9-23(40-29(32)33)25(12-19)38-16-17-6-7-17)39-28(37)27-35(10-11-41-27)26(36)18-4-2-1-3-5-18/h1-5,8-9,12,14-15,17,24,27,29H,6-7,10-11,13,16H2/t24-,27-/m0/s1. The van der Waals surface area contributed by atoms with Crippen molar-refractivity contribution in [2.24, 2.45) is 5.92 Å². The van der Waals surface area contributed by atoms with Crippen LogP contribution in [0.3, 0.4) is 0 Å². The Morgan fingerprint density at radius 2 is 1.78 bits per heavy atom. The quantitative estimate of drug-likeness (QED) is 0.217. The topological polar surface area (TPSA) is 78.0 Å². The summed E-state index contributed by atoms with van der Waals surface area (Å²) in [5.74, 6) is -0.00741. The Morgan fingerprint density at radius 3 is 2.46 bits per heavy atom. The number of halogens is 4. The first-order valence-corrected chi connectivity index (χ1v) is 14.8. The minimum Gasteiger partial charge on any atom is -0.489 e. The van der Waals surface area contributed by atoms with Crippen molar-refractivity contribution in [3.8, 4) is 11.5 Å². The van der Waals surface area contributed by atoms with Gasteiger partial charge in [-0.2, -0.15) is 8.78 Å². The summed E-state index contributed by atoms with van der Waals surface area (Å²) in [7, 11) is 0. The summed E-state index contributed by atoms with van der Waals surface area (Å²) >= 11 is 14.1. The predicted molar refractivity (Wildman–Crippen MR) is 152 cm³/mol. The summed E-state index contributed by atoms with van der Waals surface area (Å²) in [6.45, 7) is -2.31. The monoisotopic (exact) mass is 622 g/mol. The van der Waals surface area contributed by atoms with E-state index in [9.17, 15) is 18.4 Å². The van der Waals surface area contributed by atoms with Crippen LogP contribution in [0.4, 0.5) is 8.78 Å². The average molecular weight is 624 g/mol. The molecule has 1 aliphatic heterocycles. The smallest absolute Gasteiger partial charge is 0.387 e. The lowest BCUT2D eigenvalue weighted by Crippen LogP contribution is -2.40. The van der Waals surface area contributed by atoms with Gasteiger partial charge in [0.15, 0.2) is 16.9 Å². The van der Waals surface area contributed by atoms with Gasteiger partial charge in [-0.25, -0.2) is 4.79 Å². The molecular weight excluding hydrogens is 597 g/mol. The van der Waals surface area contributed by atoms with Crippen LogP contribution in [0.1, 0.15) is 40.4 Å². The minimum absolute atomic E-state index is 0.0626. The van der Waals surface area contributed by atoms with E-state index in [4.69, 9.17) is 32.7 Å². The second kappa shape index (κ2) is 13.3. The summed E-state index contributed by atoms with van der Waals surface area (Å²) < 4.78 is 42.7. The summed E-state index contributed by atoms with van der Waals surface area (Å²) in [6, 6.07) is 13.1. The molecule has 1 aliphatic carbocycles. The first-order chi connectivity index (χ1) is 19.8. The molecule has 1 amide bonds. The van der Waals surface area contributed by atoms with E-state index in [1.165, 1.54) is 47.3 Å². The van der Waals surface area contributed by atoms with Crippen molar-refractivity contribution in [2.45, 2.75) is 37.4 Å². The third-order valence-electron chi connectivity index (χ3n) is 6.70. The van der Waals surface area contributed by atoms with Crippen LogP contribution < -0.4 is 9.47 Å². The number of thioether (sulfide) groups is 1. The zero-order valence-corrected chi connectivity index (χ0v) is 24.0. The van der Waals surface area contributed by atoms with Gasteiger partial charge in [-0.1, -0.05) is 47.5 Å². The van der Waals surface area contributed by atoms with E-state index in [1.54, 1.807) is 24.3 Å². The molecule has 2 fully saturated rings. The first-order valence-electron chi connectivity index (χ1n) is 13.0. The third kappa shape index (κ3) is 7.42. The van der Waals surface area contributed by atoms with E-state index in [1.807, 2.05) is 6.07 Å². The molecule has 0 N–H and O–H groups in total. The van der Waals surface area contributed by atoms with E-state index in [0.29, 0.717) is 41.5 Å². The predicted octanol–water partition coefficient (Wildman–Crippen LogP) is 6.82. The number of benzene rings is 2. The van der Waals surface area contributed by atoms with E-state index >= 15 is 0 Å². The number of rotatable bonds is 11. The van der Waals surface area contributed by atoms with Crippen LogP contribution in [-0.2, 0) is 16.0 Å². The highest BCUT2D eigenvalue weighted by molar-refractivity contribution is 8.00. The van der Waals surface area contributed by atoms with E-state index in [2.05, 4.69) is 9.72 Å². The van der Waals surface area contributed by atoms with Crippen LogP contribution in [0, 0.1) is 5.92 Å². The average Bonchev–Trinajstić information content (AvgIpc) is 3.66. The maximum Gasteiger partial charge on any atom is 0.387 e. The van der Waals surface area contributed by atoms with E-state index < -0.39 is 24.1 Å². The number of hydrogen-bond acceptors (Lipinski definition) is 7. The molecule has 2 aromatic carbocycles. The normalized spacial score (nSPS) is 17.4. The number of carbonyl (C=O) groups excluding carboxylic acids is 2. The highest BCUT2D eigenvalue weighted by atomic mass is 35.5. The number of pyridine rings is 1. The zero-order chi connectivity index (χ0) is 28.9. The first kappa shape index (κ1) is 29.4. The van der Waals surface area contributed by atoms with Crippen LogP contribution in [0.25, 0.3) is 0 Å². The molecule has 0 unspecified atom stereocenters. The summed E-state index contributed by atoms with van der Waals surface area (Å²) in [5.41, 5.74) is 1.41. The third-order valence-corrected chi connectivity index (χ3v) is 8.53. The number of nitrogens with zero attached hydrogens (tertiary/aromatic N) is 2. The number of aromatic nitrogens is 1. The summed E-state index contributed by atoms with van der Waals surface area (Å²) in [6.07, 6.45) is 3.98. The molecule has 3 aromatic rings. The molecule has 2 heterocycles. The molecule has 2 aliphatic rings. The second-order valence-corrected chi connectivity index (χ2v) is 11.6. The van der Waals surface area contributed by atoms with Crippen molar-refractivity contribution in [3.63, 3.8) is 0 Å². The van der Waals surface area contributed by atoms with Crippen molar-refractivity contribution in [3.05, 3.63) is 87.7 Å². The van der Waals surface area contributed by atoms with Gasteiger partial charge in [0.05, 0.1) is 16.7 Å². The van der Waals surface area contributed by atoms with Crippen LogP contribution >= 0.6 is 35.0 Å². The fraction of sp³-hybridized carbons (Fsp3) is 0.345.